The number of hydrogen-bond donors (Lipinski definition) is 1. The van der Waals surface area contributed by atoms with Gasteiger partial charge in [-0.3, -0.25) is 0 Å². The quantitative estimate of drug-likeness (QED) is 0.661. The average Bonchev–Trinajstić information content (AvgIpc) is 3.26. The molecule has 0 unspecified atom stereocenters. The lowest BCUT2D eigenvalue weighted by atomic mass is 9.99. The fourth-order valence-corrected chi connectivity index (χ4v) is 4.13. The third-order valence-electron chi connectivity index (χ3n) is 5.57. The van der Waals surface area contributed by atoms with Crippen LogP contribution < -0.4 is 19.5 Å². The minimum Gasteiger partial charge on any atom is -0.493 e. The van der Waals surface area contributed by atoms with Gasteiger partial charge in [0.2, 0.25) is 5.75 Å². The summed E-state index contributed by atoms with van der Waals surface area (Å²) in [6, 6.07) is 15.2. The predicted octanol–water partition coefficient (Wildman–Crippen LogP) is 4.46. The summed E-state index contributed by atoms with van der Waals surface area (Å²) in [6.07, 6.45) is 2.04. The van der Waals surface area contributed by atoms with Crippen molar-refractivity contribution in [3.63, 3.8) is 0 Å². The number of nitrogens with zero attached hydrogens (tertiary/aromatic N) is 2. The Hall–Kier alpha value is -3.61. The number of benzene rings is 2. The first-order valence-corrected chi connectivity index (χ1v) is 10.1. The van der Waals surface area contributed by atoms with Crippen molar-refractivity contribution in [1.82, 2.24) is 9.47 Å². The van der Waals surface area contributed by atoms with E-state index in [2.05, 4.69) is 9.88 Å². The zero-order chi connectivity index (χ0) is 22.0. The summed E-state index contributed by atoms with van der Waals surface area (Å²) in [5.74, 6) is 1.63. The lowest BCUT2D eigenvalue weighted by Crippen LogP contribution is -2.44. The monoisotopic (exact) mass is 421 g/mol. The zero-order valence-corrected chi connectivity index (χ0v) is 18.2. The molecule has 2 aromatic carbocycles. The van der Waals surface area contributed by atoms with Gasteiger partial charge in [0.1, 0.15) is 0 Å². The highest BCUT2D eigenvalue weighted by Gasteiger charge is 2.33. The van der Waals surface area contributed by atoms with E-state index in [0.29, 0.717) is 23.8 Å². The molecule has 0 radical (unpaired) electrons. The maximum absolute atomic E-state index is 13.3. The number of carbonyl (C=O) groups excluding carboxylic acids is 1. The predicted molar refractivity (Wildman–Crippen MR) is 119 cm³/mol. The standard InChI is InChI=1S/C24H27N3O4/c1-16-7-5-8-18(13-16)25-24(28)27-12-11-26-10-6-9-19(26)22(27)17-14-20(29-2)23(31-4)21(15-17)30-3/h5-10,13-15,22H,11-12H2,1-4H3,(H,25,28)/t22-/m0/s1. The molecule has 0 spiro atoms. The van der Waals surface area contributed by atoms with E-state index < -0.39 is 0 Å². The Morgan fingerprint density at radius 2 is 1.71 bits per heavy atom. The highest BCUT2D eigenvalue weighted by Crippen LogP contribution is 2.43. The number of urea groups is 1. The fraction of sp³-hybridized carbons (Fsp3) is 0.292. The van der Waals surface area contributed by atoms with Crippen LogP contribution in [0.15, 0.2) is 54.7 Å². The maximum atomic E-state index is 13.3. The molecule has 1 aliphatic rings. The Kier molecular flexibility index (Phi) is 5.75. The van der Waals surface area contributed by atoms with E-state index in [-0.39, 0.29) is 12.1 Å². The van der Waals surface area contributed by atoms with Crippen LogP contribution >= 0.6 is 0 Å². The number of hydrogen-bond acceptors (Lipinski definition) is 4. The summed E-state index contributed by atoms with van der Waals surface area (Å²) < 4.78 is 18.7. The highest BCUT2D eigenvalue weighted by molar-refractivity contribution is 5.90. The van der Waals surface area contributed by atoms with Gasteiger partial charge < -0.3 is 29.0 Å². The topological polar surface area (TPSA) is 65.0 Å². The van der Waals surface area contributed by atoms with Crippen molar-refractivity contribution < 1.29 is 19.0 Å². The number of fused-ring (bicyclic) bond motifs is 1. The molecular weight excluding hydrogens is 394 g/mol. The molecule has 31 heavy (non-hydrogen) atoms. The summed E-state index contributed by atoms with van der Waals surface area (Å²) in [5.41, 5.74) is 3.77. The Labute approximate surface area is 182 Å². The summed E-state index contributed by atoms with van der Waals surface area (Å²) in [7, 11) is 4.76. The van der Waals surface area contributed by atoms with E-state index in [1.807, 2.05) is 66.6 Å². The van der Waals surface area contributed by atoms with Crippen molar-refractivity contribution in [2.24, 2.45) is 0 Å². The Morgan fingerprint density at radius 3 is 2.35 bits per heavy atom. The largest absolute Gasteiger partial charge is 0.493 e. The van der Waals surface area contributed by atoms with Crippen molar-refractivity contribution in [2.45, 2.75) is 19.5 Å². The molecule has 0 saturated carbocycles. The second-order valence-corrected chi connectivity index (χ2v) is 7.48. The Morgan fingerprint density at radius 1 is 0.968 bits per heavy atom. The van der Waals surface area contributed by atoms with Crippen molar-refractivity contribution in [1.29, 1.82) is 0 Å². The van der Waals surface area contributed by atoms with E-state index in [4.69, 9.17) is 14.2 Å². The number of amides is 2. The zero-order valence-electron chi connectivity index (χ0n) is 18.2. The number of methoxy groups -OCH3 is 3. The van der Waals surface area contributed by atoms with Crippen LogP contribution in [0.2, 0.25) is 0 Å². The molecule has 1 atom stereocenters. The molecule has 7 heteroatoms. The van der Waals surface area contributed by atoms with Gasteiger partial charge >= 0.3 is 6.03 Å². The Balaban J connectivity index is 1.76. The molecule has 4 rings (SSSR count). The van der Waals surface area contributed by atoms with Crippen LogP contribution in [0.4, 0.5) is 10.5 Å². The van der Waals surface area contributed by atoms with Gasteiger partial charge in [0, 0.05) is 30.7 Å². The molecule has 0 aliphatic carbocycles. The lowest BCUT2D eigenvalue weighted by molar-refractivity contribution is 0.181. The van der Waals surface area contributed by atoms with Gasteiger partial charge in [-0.05, 0) is 54.4 Å². The lowest BCUT2D eigenvalue weighted by Gasteiger charge is -2.37. The molecule has 0 bridgehead atoms. The minimum absolute atomic E-state index is 0.156. The molecular formula is C24H27N3O4. The molecule has 162 valence electrons. The van der Waals surface area contributed by atoms with Crippen LogP contribution in [0, 0.1) is 6.92 Å². The number of nitrogens with one attached hydrogen (secondary N) is 1. The van der Waals surface area contributed by atoms with Crippen molar-refractivity contribution in [3.05, 3.63) is 71.5 Å². The highest BCUT2D eigenvalue weighted by atomic mass is 16.5. The van der Waals surface area contributed by atoms with Gasteiger partial charge in [0.25, 0.3) is 0 Å². The van der Waals surface area contributed by atoms with Crippen molar-refractivity contribution in [3.8, 4) is 17.2 Å². The van der Waals surface area contributed by atoms with Gasteiger partial charge in [0.15, 0.2) is 11.5 Å². The fourth-order valence-electron chi connectivity index (χ4n) is 4.13. The number of aromatic nitrogens is 1. The van der Waals surface area contributed by atoms with Crippen LogP contribution in [0.5, 0.6) is 17.2 Å². The van der Waals surface area contributed by atoms with Crippen LogP contribution in [0.1, 0.15) is 22.9 Å². The SMILES string of the molecule is COc1cc([C@H]2c3cccn3CCN2C(=O)Nc2cccc(C)c2)cc(OC)c1OC. The summed E-state index contributed by atoms with van der Waals surface area (Å²) >= 11 is 0. The first-order valence-electron chi connectivity index (χ1n) is 10.1. The minimum atomic E-state index is -0.303. The van der Waals surface area contributed by atoms with E-state index in [1.165, 1.54) is 0 Å². The van der Waals surface area contributed by atoms with Crippen LogP contribution in [0.3, 0.4) is 0 Å². The summed E-state index contributed by atoms with van der Waals surface area (Å²) in [6.45, 7) is 3.30. The second kappa shape index (κ2) is 8.63. The first-order chi connectivity index (χ1) is 15.0. The smallest absolute Gasteiger partial charge is 0.322 e. The maximum Gasteiger partial charge on any atom is 0.322 e. The first kappa shape index (κ1) is 20.7. The summed E-state index contributed by atoms with van der Waals surface area (Å²) in [4.78, 5) is 15.2. The molecule has 3 aromatic rings. The van der Waals surface area contributed by atoms with E-state index in [0.717, 1.165) is 29.1 Å². The molecule has 0 saturated heterocycles. The Bertz CT molecular complexity index is 1070. The number of rotatable bonds is 5. The van der Waals surface area contributed by atoms with Crippen LogP contribution in [0.25, 0.3) is 0 Å². The third-order valence-corrected chi connectivity index (χ3v) is 5.57. The molecule has 2 heterocycles. The van der Waals surface area contributed by atoms with Crippen LogP contribution in [-0.2, 0) is 6.54 Å². The number of anilines is 1. The van der Waals surface area contributed by atoms with Crippen LogP contribution in [-0.4, -0.2) is 43.4 Å². The number of ether oxygens (including phenoxy) is 3. The third kappa shape index (κ3) is 3.91. The second-order valence-electron chi connectivity index (χ2n) is 7.48. The normalized spacial score (nSPS) is 15.2. The van der Waals surface area contributed by atoms with Gasteiger partial charge in [-0.1, -0.05) is 12.1 Å². The van der Waals surface area contributed by atoms with Gasteiger partial charge in [-0.2, -0.15) is 0 Å². The molecule has 1 aromatic heterocycles. The molecule has 0 fully saturated rings. The van der Waals surface area contributed by atoms with E-state index >= 15 is 0 Å². The van der Waals surface area contributed by atoms with E-state index in [1.54, 1.807) is 21.3 Å². The van der Waals surface area contributed by atoms with Crippen molar-refractivity contribution >= 4 is 11.7 Å². The molecule has 1 N–H and O–H groups in total. The summed E-state index contributed by atoms with van der Waals surface area (Å²) in [5, 5.41) is 3.05. The number of carbonyl (C=O) groups is 1. The molecule has 7 nitrogen and oxygen atoms in total. The molecule has 1 aliphatic heterocycles. The average molecular weight is 421 g/mol. The van der Waals surface area contributed by atoms with Gasteiger partial charge in [-0.15, -0.1) is 0 Å². The number of aryl methyl sites for hydroxylation is 1. The van der Waals surface area contributed by atoms with Gasteiger partial charge in [0.05, 0.1) is 27.4 Å². The van der Waals surface area contributed by atoms with Gasteiger partial charge in [-0.25, -0.2) is 4.79 Å². The van der Waals surface area contributed by atoms with Crippen molar-refractivity contribution in [2.75, 3.05) is 33.2 Å². The van der Waals surface area contributed by atoms with E-state index in [9.17, 15) is 4.79 Å². The molecule has 2 amide bonds.